The average molecular weight is 408 g/mol. The maximum Gasteiger partial charge on any atom is 0.234 e. The Labute approximate surface area is 168 Å². The van der Waals surface area contributed by atoms with Gasteiger partial charge in [0.2, 0.25) is 11.8 Å². The topological polar surface area (TPSA) is 78.9 Å². The van der Waals surface area contributed by atoms with Crippen LogP contribution in [0.3, 0.4) is 0 Å². The SMILES string of the molecule is O=C1CCC(c2c(F)cc(N3CCC4(CC[C@H](CO)CO4)CC3)cc2F)C(=O)N1. The molecule has 2 atom stereocenters. The van der Waals surface area contributed by atoms with Crippen LogP contribution in [0.1, 0.15) is 50.0 Å². The molecule has 3 heterocycles. The van der Waals surface area contributed by atoms with Gasteiger partial charge in [-0.2, -0.15) is 0 Å². The van der Waals surface area contributed by atoms with Crippen LogP contribution in [0.4, 0.5) is 14.5 Å². The molecule has 1 aromatic rings. The number of carbonyl (C=O) groups excluding carboxylic acids is 2. The van der Waals surface area contributed by atoms with Gasteiger partial charge in [-0.05, 0) is 44.2 Å². The van der Waals surface area contributed by atoms with E-state index in [0.717, 1.165) is 25.7 Å². The fourth-order valence-electron chi connectivity index (χ4n) is 4.68. The van der Waals surface area contributed by atoms with Crippen molar-refractivity contribution in [1.29, 1.82) is 0 Å². The Bertz CT molecular complexity index is 775. The summed E-state index contributed by atoms with van der Waals surface area (Å²) in [6.45, 7) is 1.95. The van der Waals surface area contributed by atoms with E-state index in [1.54, 1.807) is 0 Å². The predicted octanol–water partition coefficient (Wildman–Crippen LogP) is 2.24. The van der Waals surface area contributed by atoms with Crippen LogP contribution < -0.4 is 10.2 Å². The summed E-state index contributed by atoms with van der Waals surface area (Å²) in [4.78, 5) is 25.2. The molecule has 0 saturated carbocycles. The minimum absolute atomic E-state index is 0.0718. The second kappa shape index (κ2) is 7.99. The number of nitrogens with zero attached hydrogens (tertiary/aromatic N) is 1. The van der Waals surface area contributed by atoms with E-state index >= 15 is 0 Å². The Morgan fingerprint density at radius 3 is 2.38 bits per heavy atom. The number of hydrogen-bond acceptors (Lipinski definition) is 5. The first kappa shape index (κ1) is 20.2. The third-order valence-electron chi connectivity index (χ3n) is 6.58. The number of aliphatic hydroxyl groups excluding tert-OH is 1. The van der Waals surface area contributed by atoms with Gasteiger partial charge in [0, 0.05) is 43.3 Å². The summed E-state index contributed by atoms with van der Waals surface area (Å²) in [5, 5.41) is 11.4. The number of halogens is 2. The largest absolute Gasteiger partial charge is 0.396 e. The summed E-state index contributed by atoms with van der Waals surface area (Å²) in [5.41, 5.74) is -0.0147. The lowest BCUT2D eigenvalue weighted by atomic mass is 9.81. The lowest BCUT2D eigenvalue weighted by Gasteiger charge is -2.46. The van der Waals surface area contributed by atoms with Gasteiger partial charge < -0.3 is 14.7 Å². The molecule has 3 aliphatic rings. The normalized spacial score (nSPS) is 27.2. The lowest BCUT2D eigenvalue weighted by Crippen LogP contribution is -2.49. The molecule has 29 heavy (non-hydrogen) atoms. The van der Waals surface area contributed by atoms with Crippen molar-refractivity contribution in [3.8, 4) is 0 Å². The number of aliphatic hydroxyl groups is 1. The van der Waals surface area contributed by atoms with Crippen LogP contribution in [0.5, 0.6) is 0 Å². The number of rotatable bonds is 3. The number of amides is 2. The van der Waals surface area contributed by atoms with Crippen molar-refractivity contribution in [3.05, 3.63) is 29.3 Å². The van der Waals surface area contributed by atoms with Crippen molar-refractivity contribution < 1.29 is 28.2 Å². The Morgan fingerprint density at radius 2 is 1.83 bits per heavy atom. The van der Waals surface area contributed by atoms with E-state index in [1.165, 1.54) is 12.1 Å². The molecule has 3 aliphatic heterocycles. The number of hydrogen-bond donors (Lipinski definition) is 2. The maximum absolute atomic E-state index is 14.8. The number of carbonyl (C=O) groups is 2. The highest BCUT2D eigenvalue weighted by molar-refractivity contribution is 6.01. The molecule has 158 valence electrons. The van der Waals surface area contributed by atoms with Gasteiger partial charge >= 0.3 is 0 Å². The van der Waals surface area contributed by atoms with Crippen LogP contribution in [0, 0.1) is 17.6 Å². The number of anilines is 1. The van der Waals surface area contributed by atoms with Crippen molar-refractivity contribution in [2.45, 2.75) is 50.0 Å². The zero-order chi connectivity index (χ0) is 20.6. The molecule has 6 nitrogen and oxygen atoms in total. The average Bonchev–Trinajstić information content (AvgIpc) is 2.70. The van der Waals surface area contributed by atoms with Crippen molar-refractivity contribution in [3.63, 3.8) is 0 Å². The highest BCUT2D eigenvalue weighted by Gasteiger charge is 2.39. The summed E-state index contributed by atoms with van der Waals surface area (Å²) in [6, 6.07) is 2.56. The van der Waals surface area contributed by atoms with Crippen molar-refractivity contribution >= 4 is 17.5 Å². The van der Waals surface area contributed by atoms with Crippen LogP contribution in [0.15, 0.2) is 12.1 Å². The minimum atomic E-state index is -0.985. The molecule has 4 rings (SSSR count). The molecule has 8 heteroatoms. The number of ether oxygens (including phenoxy) is 1. The van der Waals surface area contributed by atoms with Gasteiger partial charge in [0.25, 0.3) is 0 Å². The van der Waals surface area contributed by atoms with Crippen LogP contribution >= 0.6 is 0 Å². The lowest BCUT2D eigenvalue weighted by molar-refractivity contribution is -0.134. The fourth-order valence-corrected chi connectivity index (χ4v) is 4.68. The molecule has 3 saturated heterocycles. The van der Waals surface area contributed by atoms with Crippen molar-refractivity contribution in [2.75, 3.05) is 31.2 Å². The zero-order valence-electron chi connectivity index (χ0n) is 16.3. The molecular formula is C21H26F2N2O4. The third kappa shape index (κ3) is 4.00. The van der Waals surface area contributed by atoms with Gasteiger partial charge in [0.05, 0.1) is 18.1 Å². The van der Waals surface area contributed by atoms with Crippen LogP contribution in [-0.4, -0.2) is 48.8 Å². The summed E-state index contributed by atoms with van der Waals surface area (Å²) in [6.07, 6.45) is 3.54. The highest BCUT2D eigenvalue weighted by atomic mass is 19.1. The number of imide groups is 1. The van der Waals surface area contributed by atoms with Gasteiger partial charge in [-0.1, -0.05) is 0 Å². The maximum atomic E-state index is 14.8. The molecule has 0 bridgehead atoms. The van der Waals surface area contributed by atoms with Crippen molar-refractivity contribution in [1.82, 2.24) is 5.32 Å². The number of nitrogens with one attached hydrogen (secondary N) is 1. The van der Waals surface area contributed by atoms with Crippen molar-refractivity contribution in [2.24, 2.45) is 5.92 Å². The van der Waals surface area contributed by atoms with Crippen LogP contribution in [-0.2, 0) is 14.3 Å². The summed E-state index contributed by atoms with van der Waals surface area (Å²) in [7, 11) is 0. The first-order valence-electron chi connectivity index (χ1n) is 10.2. The highest BCUT2D eigenvalue weighted by Crippen LogP contribution is 2.39. The fraction of sp³-hybridized carbons (Fsp3) is 0.619. The van der Waals surface area contributed by atoms with E-state index < -0.39 is 29.4 Å². The molecule has 1 aromatic carbocycles. The van der Waals surface area contributed by atoms with Gasteiger partial charge in [0.15, 0.2) is 0 Å². The molecule has 0 aliphatic carbocycles. The van der Waals surface area contributed by atoms with Gasteiger partial charge in [-0.15, -0.1) is 0 Å². The predicted molar refractivity (Wildman–Crippen MR) is 101 cm³/mol. The van der Waals surface area contributed by atoms with Gasteiger partial charge in [0.1, 0.15) is 11.6 Å². The molecule has 0 radical (unpaired) electrons. The first-order valence-corrected chi connectivity index (χ1v) is 10.2. The molecule has 2 N–H and O–H groups in total. The quantitative estimate of drug-likeness (QED) is 0.750. The zero-order valence-corrected chi connectivity index (χ0v) is 16.3. The Balaban J connectivity index is 1.45. The van der Waals surface area contributed by atoms with E-state index in [0.29, 0.717) is 25.4 Å². The smallest absolute Gasteiger partial charge is 0.234 e. The summed E-state index contributed by atoms with van der Waals surface area (Å²) >= 11 is 0. The molecule has 1 unspecified atom stereocenters. The molecule has 1 spiro atoms. The standard InChI is InChI=1S/C21H26F2N2O4/c22-16-9-14(10-17(23)19(16)15-1-2-18(27)24-20(15)28)25-7-5-21(6-8-25)4-3-13(11-26)12-29-21/h9-10,13,15,26H,1-8,11-12H2,(H,24,27,28)/t13-,15?/m1/s1. The van der Waals surface area contributed by atoms with E-state index in [9.17, 15) is 23.5 Å². The summed E-state index contributed by atoms with van der Waals surface area (Å²) in [5.74, 6) is -3.37. The van der Waals surface area contributed by atoms with Gasteiger partial charge in [-0.3, -0.25) is 14.9 Å². The van der Waals surface area contributed by atoms with E-state index in [2.05, 4.69) is 5.32 Å². The summed E-state index contributed by atoms with van der Waals surface area (Å²) < 4.78 is 35.6. The number of benzene rings is 1. The van der Waals surface area contributed by atoms with E-state index in [1.807, 2.05) is 4.90 Å². The van der Waals surface area contributed by atoms with Gasteiger partial charge in [-0.25, -0.2) is 8.78 Å². The van der Waals surface area contributed by atoms with E-state index in [-0.39, 0.29) is 36.5 Å². The third-order valence-corrected chi connectivity index (χ3v) is 6.58. The first-order chi connectivity index (χ1) is 13.9. The Morgan fingerprint density at radius 1 is 1.14 bits per heavy atom. The second-order valence-corrected chi connectivity index (χ2v) is 8.40. The van der Waals surface area contributed by atoms with Crippen LogP contribution in [0.25, 0.3) is 0 Å². The van der Waals surface area contributed by atoms with E-state index in [4.69, 9.17) is 4.74 Å². The monoisotopic (exact) mass is 408 g/mol. The Hall–Kier alpha value is -2.06. The molecule has 0 aromatic heterocycles. The Kier molecular flexibility index (Phi) is 5.57. The minimum Gasteiger partial charge on any atom is -0.396 e. The molecular weight excluding hydrogens is 382 g/mol. The van der Waals surface area contributed by atoms with Crippen LogP contribution in [0.2, 0.25) is 0 Å². The molecule has 3 fully saturated rings. The molecule has 2 amide bonds. The second-order valence-electron chi connectivity index (χ2n) is 8.40. The number of piperidine rings is 2.